The molecule has 1 N–H and O–H groups in total. The Bertz CT molecular complexity index is 630. The number of likely N-dealkylation sites (tertiary alicyclic amines) is 1. The zero-order valence-corrected chi connectivity index (χ0v) is 18.8. The van der Waals surface area contributed by atoms with Crippen molar-refractivity contribution in [2.45, 2.75) is 109 Å². The number of hydrogen-bond donors (Lipinski definition) is 1. The molecule has 28 heavy (non-hydrogen) atoms. The van der Waals surface area contributed by atoms with Crippen LogP contribution in [-0.2, 0) is 18.9 Å². The van der Waals surface area contributed by atoms with Gasteiger partial charge in [0.25, 0.3) is 0 Å². The second-order valence-electron chi connectivity index (χ2n) is 10.7. The molecule has 1 spiro atoms. The molecule has 2 heterocycles. The number of nitrogens with zero attached hydrogens (tertiary/aromatic N) is 1. The van der Waals surface area contributed by atoms with Gasteiger partial charge in [0.05, 0.1) is 23.8 Å². The second-order valence-corrected chi connectivity index (χ2v) is 10.7. The van der Waals surface area contributed by atoms with Gasteiger partial charge in [0.15, 0.2) is 5.79 Å². The van der Waals surface area contributed by atoms with Crippen LogP contribution >= 0.6 is 0 Å². The summed E-state index contributed by atoms with van der Waals surface area (Å²) in [6.45, 7) is 15.2. The predicted molar refractivity (Wildman–Crippen MR) is 104 cm³/mol. The normalized spacial score (nSPS) is 36.8. The topological polar surface area (TPSA) is 77.5 Å². The summed E-state index contributed by atoms with van der Waals surface area (Å²) in [5.74, 6) is -1.28. The van der Waals surface area contributed by atoms with Crippen LogP contribution in [0, 0.1) is 5.92 Å². The van der Waals surface area contributed by atoms with Gasteiger partial charge in [-0.1, -0.05) is 0 Å². The van der Waals surface area contributed by atoms with Crippen molar-refractivity contribution in [1.29, 1.82) is 0 Å². The van der Waals surface area contributed by atoms with E-state index in [1.54, 1.807) is 25.9 Å². The Hall–Kier alpha value is -0.890. The largest absolute Gasteiger partial charge is 0.444 e. The maximum absolute atomic E-state index is 13.1. The van der Waals surface area contributed by atoms with Crippen molar-refractivity contribution in [2.24, 2.45) is 5.92 Å². The smallest absolute Gasteiger partial charge is 0.410 e. The third kappa shape index (κ3) is 3.44. The maximum Gasteiger partial charge on any atom is 0.410 e. The Labute approximate surface area is 168 Å². The van der Waals surface area contributed by atoms with E-state index in [0.717, 1.165) is 12.8 Å². The van der Waals surface area contributed by atoms with E-state index in [1.165, 1.54) is 0 Å². The van der Waals surface area contributed by atoms with Crippen molar-refractivity contribution < 1.29 is 28.8 Å². The second kappa shape index (κ2) is 6.30. The highest BCUT2D eigenvalue weighted by atomic mass is 16.7. The van der Waals surface area contributed by atoms with Gasteiger partial charge < -0.3 is 24.1 Å². The molecule has 0 aromatic heterocycles. The summed E-state index contributed by atoms with van der Waals surface area (Å²) in [5, 5.41) is 11.1. The summed E-state index contributed by atoms with van der Waals surface area (Å²) in [6.07, 6.45) is 0.480. The number of methoxy groups -OCH3 is 1. The molecular formula is C21H37NO6. The first-order valence-electron chi connectivity index (χ1n) is 10.2. The first-order valence-corrected chi connectivity index (χ1v) is 10.2. The highest BCUT2D eigenvalue weighted by Crippen LogP contribution is 2.59. The van der Waals surface area contributed by atoms with Gasteiger partial charge in [0.1, 0.15) is 17.3 Å². The molecule has 7 nitrogen and oxygen atoms in total. The third-order valence-corrected chi connectivity index (χ3v) is 6.60. The molecule has 1 saturated carbocycles. The van der Waals surface area contributed by atoms with Crippen molar-refractivity contribution >= 4 is 6.09 Å². The van der Waals surface area contributed by atoms with Gasteiger partial charge in [-0.05, 0) is 68.2 Å². The standard InChI is InChI=1S/C21H37NO6/c1-17(2,3)28-16(23)22-12-13-14(15(18(4,5)24)21(22)10-11-21)27-20(8,25-9)19(6,7)26-13/h13-15,24H,10-12H2,1-9H3/t13-,14+,15+,20+/m1/s1. The molecule has 0 aromatic rings. The predicted octanol–water partition coefficient (Wildman–Crippen LogP) is 3.08. The lowest BCUT2D eigenvalue weighted by atomic mass is 9.72. The van der Waals surface area contributed by atoms with Crippen molar-refractivity contribution in [2.75, 3.05) is 13.7 Å². The Morgan fingerprint density at radius 1 is 1.11 bits per heavy atom. The van der Waals surface area contributed by atoms with E-state index in [0.29, 0.717) is 6.54 Å². The van der Waals surface area contributed by atoms with E-state index >= 15 is 0 Å². The van der Waals surface area contributed by atoms with Crippen LogP contribution < -0.4 is 0 Å². The van der Waals surface area contributed by atoms with Crippen molar-refractivity contribution in [3.63, 3.8) is 0 Å². The van der Waals surface area contributed by atoms with Gasteiger partial charge in [-0.15, -0.1) is 0 Å². The fourth-order valence-electron chi connectivity index (χ4n) is 4.93. The first-order chi connectivity index (χ1) is 12.6. The minimum absolute atomic E-state index is 0.322. The van der Waals surface area contributed by atoms with Gasteiger partial charge in [0, 0.05) is 13.0 Å². The molecule has 1 aliphatic carbocycles. The lowest BCUT2D eigenvalue weighted by Gasteiger charge is -2.60. The number of piperidine rings is 1. The summed E-state index contributed by atoms with van der Waals surface area (Å²) in [6, 6.07) is 0. The fraction of sp³-hybridized carbons (Fsp3) is 0.952. The van der Waals surface area contributed by atoms with Crippen LogP contribution in [0.3, 0.4) is 0 Å². The molecule has 162 valence electrons. The van der Waals surface area contributed by atoms with Gasteiger partial charge in [0.2, 0.25) is 0 Å². The van der Waals surface area contributed by atoms with Gasteiger partial charge in [-0.2, -0.15) is 0 Å². The number of fused-ring (bicyclic) bond motifs is 1. The fourth-order valence-corrected chi connectivity index (χ4v) is 4.93. The van der Waals surface area contributed by atoms with Crippen LogP contribution in [-0.4, -0.2) is 70.1 Å². The molecule has 3 fully saturated rings. The summed E-state index contributed by atoms with van der Waals surface area (Å²) in [7, 11) is 1.60. The van der Waals surface area contributed by atoms with E-state index in [-0.39, 0.29) is 24.2 Å². The Morgan fingerprint density at radius 3 is 2.11 bits per heavy atom. The van der Waals surface area contributed by atoms with E-state index in [9.17, 15) is 9.90 Å². The molecular weight excluding hydrogens is 362 g/mol. The molecule has 0 radical (unpaired) electrons. The zero-order chi connectivity index (χ0) is 21.3. The van der Waals surface area contributed by atoms with E-state index in [1.807, 2.05) is 41.5 Å². The molecule has 3 rings (SSSR count). The average molecular weight is 400 g/mol. The van der Waals surface area contributed by atoms with E-state index < -0.39 is 28.1 Å². The van der Waals surface area contributed by atoms with E-state index in [2.05, 4.69) is 0 Å². The van der Waals surface area contributed by atoms with Gasteiger partial charge in [-0.3, -0.25) is 4.90 Å². The minimum atomic E-state index is -1.07. The summed E-state index contributed by atoms with van der Waals surface area (Å²) in [5.41, 5.74) is -2.87. The minimum Gasteiger partial charge on any atom is -0.444 e. The van der Waals surface area contributed by atoms with Crippen LogP contribution in [0.25, 0.3) is 0 Å². The maximum atomic E-state index is 13.1. The molecule has 0 bridgehead atoms. The highest BCUT2D eigenvalue weighted by molar-refractivity contribution is 5.70. The lowest BCUT2D eigenvalue weighted by molar-refractivity contribution is -0.403. The number of hydrogen-bond acceptors (Lipinski definition) is 6. The summed E-state index contributed by atoms with van der Waals surface area (Å²) < 4.78 is 24.3. The van der Waals surface area contributed by atoms with Crippen LogP contribution in [0.1, 0.15) is 68.2 Å². The van der Waals surface area contributed by atoms with E-state index in [4.69, 9.17) is 18.9 Å². The van der Waals surface area contributed by atoms with Crippen molar-refractivity contribution in [3.8, 4) is 0 Å². The Balaban J connectivity index is 2.00. The number of aliphatic hydroxyl groups is 1. The molecule has 2 saturated heterocycles. The quantitative estimate of drug-likeness (QED) is 0.769. The Kier molecular flexibility index (Phi) is 4.91. The molecule has 7 heteroatoms. The SMILES string of the molecule is CO[C@@]1(C)O[C@H]2[C@@H](CN(C(=O)OC(C)(C)C)C3(CC3)[C@@H]2C(C)(C)O)OC1(C)C. The molecule has 0 unspecified atom stereocenters. The van der Waals surface area contributed by atoms with Gasteiger partial charge in [-0.25, -0.2) is 4.79 Å². The summed E-state index contributed by atoms with van der Waals surface area (Å²) >= 11 is 0. The monoisotopic (exact) mass is 399 g/mol. The molecule has 3 aliphatic rings. The van der Waals surface area contributed by atoms with Crippen LogP contribution in [0.5, 0.6) is 0 Å². The molecule has 0 aromatic carbocycles. The zero-order valence-electron chi connectivity index (χ0n) is 18.8. The molecule has 1 amide bonds. The number of carbonyl (C=O) groups excluding carboxylic acids is 1. The molecule has 4 atom stereocenters. The lowest BCUT2D eigenvalue weighted by Crippen LogP contribution is -2.74. The summed E-state index contributed by atoms with van der Waals surface area (Å²) in [4.78, 5) is 14.8. The van der Waals surface area contributed by atoms with Crippen molar-refractivity contribution in [3.05, 3.63) is 0 Å². The number of carbonyl (C=O) groups is 1. The highest BCUT2D eigenvalue weighted by Gasteiger charge is 2.70. The van der Waals surface area contributed by atoms with Crippen molar-refractivity contribution in [1.82, 2.24) is 4.90 Å². The van der Waals surface area contributed by atoms with Crippen LogP contribution in [0.15, 0.2) is 0 Å². The third-order valence-electron chi connectivity index (χ3n) is 6.60. The number of rotatable bonds is 2. The molecule has 2 aliphatic heterocycles. The first kappa shape index (κ1) is 21.8. The van der Waals surface area contributed by atoms with Crippen LogP contribution in [0.2, 0.25) is 0 Å². The average Bonchev–Trinajstić information content (AvgIpc) is 3.25. The number of ether oxygens (including phenoxy) is 4. The van der Waals surface area contributed by atoms with Crippen LogP contribution in [0.4, 0.5) is 4.79 Å². The van der Waals surface area contributed by atoms with Gasteiger partial charge >= 0.3 is 6.09 Å². The number of amides is 1. The Morgan fingerprint density at radius 2 is 1.68 bits per heavy atom.